The third-order valence-corrected chi connectivity index (χ3v) is 20.4. The van der Waals surface area contributed by atoms with Gasteiger partial charge in [-0.15, -0.1) is 5.10 Å². The smallest absolute Gasteiger partial charge is 0.163 e. The summed E-state index contributed by atoms with van der Waals surface area (Å²) in [5, 5.41) is 97.8. The molecule has 9 N–H and O–H groups in total. The molecule has 666 valence electrons. The summed E-state index contributed by atoms with van der Waals surface area (Å²) in [6, 6.07) is 0. The summed E-state index contributed by atoms with van der Waals surface area (Å²) < 4.78 is 115. The largest absolute Gasteiger partial charge is 0.789 e. The van der Waals surface area contributed by atoms with E-state index < -0.39 is 124 Å². The maximum absolute atomic E-state index is 14.1. The molecule has 0 saturated carbocycles. The highest BCUT2D eigenvalue weighted by Crippen LogP contribution is 2.36. The van der Waals surface area contributed by atoms with E-state index >= 15 is 0 Å². The molecule has 0 spiro atoms. The summed E-state index contributed by atoms with van der Waals surface area (Å²) in [5.74, 6) is -1.75. The van der Waals surface area contributed by atoms with E-state index in [2.05, 4.69) is 16.6 Å². The Kier molecular flexibility index (Phi) is 57.0. The van der Waals surface area contributed by atoms with Crippen LogP contribution in [0.5, 0.6) is 0 Å². The topological polar surface area (TPSA) is 489 Å². The van der Waals surface area contributed by atoms with Crippen molar-refractivity contribution in [2.75, 3.05) is 212 Å². The van der Waals surface area contributed by atoms with E-state index in [0.717, 1.165) is 18.5 Å². The molecular weight excluding hydrogens is 1530 g/mol. The van der Waals surface area contributed by atoms with Crippen LogP contribution in [0.25, 0.3) is 0 Å². The highest BCUT2D eigenvalue weighted by molar-refractivity contribution is 7.57. The molecule has 3 aliphatic heterocycles. The fraction of sp³-hybridized carbons (Fsp3) is 0.908. The van der Waals surface area contributed by atoms with Crippen LogP contribution in [-0.2, 0) is 126 Å². The van der Waals surface area contributed by atoms with Crippen molar-refractivity contribution in [3.05, 3.63) is 11.9 Å². The number of Topliss-reactive ketones (excluding diaryl/α,β-unsaturated/α-hetero) is 4. The van der Waals surface area contributed by atoms with Crippen molar-refractivity contribution >= 4 is 37.0 Å². The van der Waals surface area contributed by atoms with Gasteiger partial charge in [-0.25, -0.2) is 0 Å². The summed E-state index contributed by atoms with van der Waals surface area (Å²) >= 11 is 0. The van der Waals surface area contributed by atoms with E-state index in [4.69, 9.17) is 94.3 Å². The molecule has 4 rings (SSSR count). The van der Waals surface area contributed by atoms with Crippen molar-refractivity contribution in [1.82, 2.24) is 15.0 Å². The summed E-state index contributed by atoms with van der Waals surface area (Å²) in [5.41, 5.74) is -0.264. The van der Waals surface area contributed by atoms with Gasteiger partial charge in [-0.2, -0.15) is 0 Å². The Morgan fingerprint density at radius 2 is 0.754 bits per heavy atom. The van der Waals surface area contributed by atoms with Crippen LogP contribution in [-0.4, -0.2) is 376 Å². The fourth-order valence-electron chi connectivity index (χ4n) is 12.2. The Morgan fingerprint density at radius 3 is 1.10 bits per heavy atom. The highest BCUT2D eigenvalue weighted by Gasteiger charge is 2.45. The van der Waals surface area contributed by atoms with Crippen molar-refractivity contribution in [2.24, 2.45) is 23.2 Å². The number of nitrogens with zero attached hydrogens (tertiary/aromatic N) is 3. The minimum absolute atomic E-state index is 0.0142. The monoisotopic (exact) mass is 1670 g/mol. The van der Waals surface area contributed by atoms with Gasteiger partial charge in [-0.05, 0) is 51.4 Å². The minimum Gasteiger partial charge on any atom is -0.789 e. The summed E-state index contributed by atoms with van der Waals surface area (Å²) in [7, 11) is -2.01. The molecule has 4 heterocycles. The lowest BCUT2D eigenvalue weighted by Gasteiger charge is -2.40. The van der Waals surface area contributed by atoms with Crippen LogP contribution in [0.15, 0.2) is 6.20 Å². The second kappa shape index (κ2) is 63.0. The first-order chi connectivity index (χ1) is 55.1. The molecule has 0 aromatic carbocycles. The van der Waals surface area contributed by atoms with E-state index in [0.29, 0.717) is 131 Å². The Morgan fingerprint density at radius 1 is 0.421 bits per heavy atom. The molecule has 3 saturated heterocycles. The maximum atomic E-state index is 14.1. The van der Waals surface area contributed by atoms with Gasteiger partial charge in [0.1, 0.15) is 59.8 Å². The number of aryl methyl sites for hydroxylation is 2. The van der Waals surface area contributed by atoms with Crippen LogP contribution in [0.3, 0.4) is 0 Å². The van der Waals surface area contributed by atoms with Crippen LogP contribution < -0.4 is 4.89 Å². The quantitative estimate of drug-likeness (QED) is 0.0306. The van der Waals surface area contributed by atoms with Crippen molar-refractivity contribution in [1.29, 1.82) is 0 Å². The first kappa shape index (κ1) is 103. The van der Waals surface area contributed by atoms with Crippen LogP contribution in [0.2, 0.25) is 0 Å². The zero-order chi connectivity index (χ0) is 83.0. The number of hydrogen-bond donors (Lipinski definition) is 9. The fourth-order valence-corrected chi connectivity index (χ4v) is 12.7. The zero-order valence-corrected chi connectivity index (χ0v) is 68.5. The number of unbranched alkanes of at least 4 members (excludes halogenated alkanes) is 3. The summed E-state index contributed by atoms with van der Waals surface area (Å²) in [6.07, 6.45) is -0.248. The predicted molar refractivity (Wildman–Crippen MR) is 406 cm³/mol. The molecule has 38 heteroatoms. The number of ketones is 4. The minimum atomic E-state index is -3.29. The molecule has 1 aromatic heterocycles. The standard InChI is InChI=1S/C76H137N3O34P/c1-56-67(87)70(90)64(50-80)111-73(56)107-45-42-101-39-36-98-33-30-95-23-11-16-60(83)19-27-104-53-76(48-63(86)15-7-6-9-22-79-49-59(77-78-79)14-8-10-26-110-114(5,93)94-4,54-105-28-20-61(84)17-12-24-96-31-34-99-37-40-102-43-46-108-74-57(2)68(88)71(91)65(51-81)112-74)55-106-29-21-62(85)18-13-25-97-32-35-100-38-41-103-44-47-109-75-58(3)69(89)72(92)66(52-82)113-75/h49,56-58,64-75,80-82,87-92H,5-48,50-55H2,1-4H3/q-1. The van der Waals surface area contributed by atoms with Gasteiger partial charge in [0.05, 0.1) is 209 Å². The van der Waals surface area contributed by atoms with Gasteiger partial charge in [0, 0.05) is 122 Å². The number of aromatic nitrogens is 3. The van der Waals surface area contributed by atoms with Gasteiger partial charge in [-0.1, -0.05) is 38.7 Å². The van der Waals surface area contributed by atoms with E-state index in [1.165, 1.54) is 7.11 Å². The zero-order valence-electron chi connectivity index (χ0n) is 67.6. The van der Waals surface area contributed by atoms with Gasteiger partial charge in [0.2, 0.25) is 0 Å². The Labute approximate surface area is 671 Å². The Bertz CT molecular complexity index is 2460. The molecule has 0 amide bonds. The number of ether oxygens (including phenoxy) is 18. The Hall–Kier alpha value is -3.08. The molecule has 16 unspecified atom stereocenters. The van der Waals surface area contributed by atoms with E-state index in [-0.39, 0.29) is 180 Å². The van der Waals surface area contributed by atoms with Crippen molar-refractivity contribution in [2.45, 2.75) is 210 Å². The molecule has 16 atom stereocenters. The average molecular weight is 1670 g/mol. The second-order valence-corrected chi connectivity index (χ2v) is 30.6. The lowest BCUT2D eigenvalue weighted by atomic mass is 9.84. The van der Waals surface area contributed by atoms with Crippen molar-refractivity contribution in [3.63, 3.8) is 0 Å². The number of hydrogen-bond acceptors (Lipinski definition) is 36. The van der Waals surface area contributed by atoms with E-state index in [1.54, 1.807) is 25.5 Å². The third kappa shape index (κ3) is 44.5. The van der Waals surface area contributed by atoms with Crippen molar-refractivity contribution in [3.8, 4) is 0 Å². The molecule has 0 aliphatic carbocycles. The molecule has 3 aliphatic rings. The maximum Gasteiger partial charge on any atom is 0.163 e. The average Bonchev–Trinajstić information content (AvgIpc) is 0.979. The van der Waals surface area contributed by atoms with Crippen molar-refractivity contribution < 1.29 is 164 Å². The van der Waals surface area contributed by atoms with E-state index in [1.807, 2.05) is 6.20 Å². The second-order valence-electron chi connectivity index (χ2n) is 28.7. The third-order valence-electron chi connectivity index (χ3n) is 19.3. The van der Waals surface area contributed by atoms with Crippen LogP contribution in [0.4, 0.5) is 0 Å². The number of rotatable bonds is 75. The van der Waals surface area contributed by atoms with Crippen LogP contribution >= 0.6 is 7.57 Å². The SMILES string of the molecule is C=P([O-])(OC)OCCCCc1cn(CCCCCC(=O)CC(COCCC(=O)CCCOCCOCCOCCOC2OC(CO)C(O)C(O)C2C)(COCCC(=O)CCCOCCOCCOCCOC2OC(CO)C(O)C(O)C2C)COCCC(=O)CCCOCCOCCOCCOC2OC(CO)C(O)C(O)C2C)nn1. The molecule has 37 nitrogen and oxygen atoms in total. The van der Waals surface area contributed by atoms with Gasteiger partial charge in [0.25, 0.3) is 0 Å². The Balaban J connectivity index is 1.23. The number of aliphatic hydroxyl groups is 9. The van der Waals surface area contributed by atoms with Crippen LogP contribution in [0.1, 0.15) is 129 Å². The van der Waals surface area contributed by atoms with Gasteiger partial charge in [0.15, 0.2) is 18.9 Å². The first-order valence-electron chi connectivity index (χ1n) is 40.3. The van der Waals surface area contributed by atoms with Crippen LogP contribution in [0, 0.1) is 23.2 Å². The van der Waals surface area contributed by atoms with Gasteiger partial charge >= 0.3 is 0 Å². The molecule has 114 heavy (non-hydrogen) atoms. The van der Waals surface area contributed by atoms with Gasteiger partial charge < -0.3 is 145 Å². The molecule has 0 radical (unpaired) electrons. The molecular formula is C76H137N3O34P-. The normalized spacial score (nSPS) is 25.1. The lowest BCUT2D eigenvalue weighted by molar-refractivity contribution is -0.284. The van der Waals surface area contributed by atoms with Gasteiger partial charge in [-0.3, -0.25) is 23.9 Å². The number of carbonyl (C=O) groups excluding carboxylic acids is 4. The lowest BCUT2D eigenvalue weighted by Crippen LogP contribution is -2.55. The summed E-state index contributed by atoms with van der Waals surface area (Å²) in [6.45, 7) is 10.2. The summed E-state index contributed by atoms with van der Waals surface area (Å²) in [4.78, 5) is 65.5. The molecule has 3 fully saturated rings. The number of carbonyl (C=O) groups is 4. The highest BCUT2D eigenvalue weighted by atomic mass is 31.2. The number of aliphatic hydroxyl groups excluding tert-OH is 9. The molecule has 0 bridgehead atoms. The van der Waals surface area contributed by atoms with E-state index in [9.17, 15) is 70.0 Å². The predicted octanol–water partition coefficient (Wildman–Crippen LogP) is 0.0172. The molecule has 1 aromatic rings. The first-order valence-corrected chi connectivity index (χ1v) is 42.1.